The average molecular weight is 489 g/mol. The lowest BCUT2D eigenvalue weighted by Gasteiger charge is -2.16. The second kappa shape index (κ2) is 9.49. The standard InChI is InChI=1S/C23H22F3N5O4/c1-27-22-30-16-12-28-20(29-13-6-5-7-15(8-13)35-23(24,25)26)11-17(16)31(22)14-9-18(32-2)21(34-4)19(10-14)33-3/h5-12H,1-4H3,(H,27,30)(H,28,29). The van der Waals surface area contributed by atoms with Crippen LogP contribution in [0, 0.1) is 0 Å². The number of methoxy groups -OCH3 is 3. The highest BCUT2D eigenvalue weighted by Gasteiger charge is 2.31. The molecule has 0 amide bonds. The molecule has 4 aromatic rings. The maximum absolute atomic E-state index is 12.6. The van der Waals surface area contributed by atoms with Gasteiger partial charge in [0, 0.05) is 37.0 Å². The van der Waals surface area contributed by atoms with Gasteiger partial charge in [-0.05, 0) is 12.1 Å². The summed E-state index contributed by atoms with van der Waals surface area (Å²) in [5, 5.41) is 6.06. The highest BCUT2D eigenvalue weighted by Crippen LogP contribution is 2.41. The molecule has 0 bridgehead atoms. The van der Waals surface area contributed by atoms with E-state index in [1.165, 1.54) is 39.5 Å². The summed E-state index contributed by atoms with van der Waals surface area (Å²) in [6.45, 7) is 0. The molecule has 35 heavy (non-hydrogen) atoms. The van der Waals surface area contributed by atoms with E-state index < -0.39 is 6.36 Å². The van der Waals surface area contributed by atoms with Crippen molar-refractivity contribution in [2.24, 2.45) is 0 Å². The molecule has 0 fully saturated rings. The van der Waals surface area contributed by atoms with Crippen LogP contribution in [0.3, 0.4) is 0 Å². The fourth-order valence-corrected chi connectivity index (χ4v) is 3.59. The minimum Gasteiger partial charge on any atom is -0.493 e. The Hall–Kier alpha value is -4.35. The number of nitrogens with zero attached hydrogens (tertiary/aromatic N) is 3. The van der Waals surface area contributed by atoms with Gasteiger partial charge in [-0.3, -0.25) is 4.57 Å². The van der Waals surface area contributed by atoms with E-state index in [9.17, 15) is 13.2 Å². The summed E-state index contributed by atoms with van der Waals surface area (Å²) in [4.78, 5) is 8.90. The Bertz CT molecular complexity index is 1330. The van der Waals surface area contributed by atoms with Crippen molar-refractivity contribution in [2.75, 3.05) is 39.0 Å². The Balaban J connectivity index is 1.78. The van der Waals surface area contributed by atoms with E-state index in [0.717, 1.165) is 0 Å². The molecule has 184 valence electrons. The van der Waals surface area contributed by atoms with E-state index in [1.54, 1.807) is 37.5 Å². The average Bonchev–Trinajstić information content (AvgIpc) is 3.20. The first-order valence-corrected chi connectivity index (χ1v) is 10.3. The molecule has 9 nitrogen and oxygen atoms in total. The lowest BCUT2D eigenvalue weighted by molar-refractivity contribution is -0.274. The molecule has 12 heteroatoms. The van der Waals surface area contributed by atoms with Crippen molar-refractivity contribution in [1.29, 1.82) is 0 Å². The number of nitrogens with one attached hydrogen (secondary N) is 2. The number of hydrogen-bond acceptors (Lipinski definition) is 8. The number of rotatable bonds is 8. The van der Waals surface area contributed by atoms with E-state index in [2.05, 4.69) is 25.3 Å². The van der Waals surface area contributed by atoms with Crippen molar-refractivity contribution < 1.29 is 32.1 Å². The van der Waals surface area contributed by atoms with E-state index in [4.69, 9.17) is 14.2 Å². The van der Waals surface area contributed by atoms with Crippen LogP contribution in [-0.2, 0) is 0 Å². The molecular formula is C23H22F3N5O4. The summed E-state index contributed by atoms with van der Waals surface area (Å²) in [5.74, 6) is 1.92. The maximum atomic E-state index is 12.6. The van der Waals surface area contributed by atoms with Gasteiger partial charge in [-0.2, -0.15) is 0 Å². The van der Waals surface area contributed by atoms with Gasteiger partial charge in [0.1, 0.15) is 17.1 Å². The summed E-state index contributed by atoms with van der Waals surface area (Å²) in [5.41, 5.74) is 2.29. The molecule has 0 atom stereocenters. The molecule has 2 heterocycles. The van der Waals surface area contributed by atoms with E-state index >= 15 is 0 Å². The number of alkyl halides is 3. The topological polar surface area (TPSA) is 91.7 Å². The smallest absolute Gasteiger partial charge is 0.493 e. The summed E-state index contributed by atoms with van der Waals surface area (Å²) in [6, 6.07) is 10.8. The largest absolute Gasteiger partial charge is 0.573 e. The maximum Gasteiger partial charge on any atom is 0.573 e. The molecular weight excluding hydrogens is 467 g/mol. The monoisotopic (exact) mass is 489 g/mol. The van der Waals surface area contributed by atoms with Crippen LogP contribution in [0.2, 0.25) is 0 Å². The van der Waals surface area contributed by atoms with E-state index in [0.29, 0.717) is 51.4 Å². The zero-order chi connectivity index (χ0) is 25.2. The SMILES string of the molecule is CNc1nc2cnc(Nc3cccc(OC(F)(F)F)c3)cc2n1-c1cc(OC)c(OC)c(OC)c1. The van der Waals surface area contributed by atoms with Crippen LogP contribution in [0.1, 0.15) is 0 Å². The van der Waals surface area contributed by atoms with Gasteiger partial charge in [-0.25, -0.2) is 9.97 Å². The number of halogens is 3. The van der Waals surface area contributed by atoms with Crippen LogP contribution < -0.4 is 29.6 Å². The highest BCUT2D eigenvalue weighted by atomic mass is 19.4. The van der Waals surface area contributed by atoms with Gasteiger partial charge in [0.05, 0.1) is 38.7 Å². The van der Waals surface area contributed by atoms with Gasteiger partial charge < -0.3 is 29.6 Å². The minimum atomic E-state index is -4.79. The lowest BCUT2D eigenvalue weighted by Crippen LogP contribution is -2.17. The van der Waals surface area contributed by atoms with Crippen molar-refractivity contribution in [3.8, 4) is 28.7 Å². The molecule has 0 unspecified atom stereocenters. The molecule has 0 saturated carbocycles. The molecule has 0 radical (unpaired) electrons. The van der Waals surface area contributed by atoms with Gasteiger partial charge in [-0.15, -0.1) is 13.2 Å². The molecule has 0 aliphatic heterocycles. The van der Waals surface area contributed by atoms with Gasteiger partial charge >= 0.3 is 6.36 Å². The van der Waals surface area contributed by atoms with Crippen molar-refractivity contribution in [3.63, 3.8) is 0 Å². The number of anilines is 3. The summed E-state index contributed by atoms with van der Waals surface area (Å²) >= 11 is 0. The van der Waals surface area contributed by atoms with Crippen molar-refractivity contribution >= 4 is 28.5 Å². The highest BCUT2D eigenvalue weighted by molar-refractivity contribution is 5.84. The van der Waals surface area contributed by atoms with Crippen molar-refractivity contribution in [2.45, 2.75) is 6.36 Å². The Morgan fingerprint density at radius 2 is 1.66 bits per heavy atom. The number of pyridine rings is 1. The number of hydrogen-bond donors (Lipinski definition) is 2. The minimum absolute atomic E-state index is 0.344. The molecule has 0 aliphatic rings. The first kappa shape index (κ1) is 23.8. The van der Waals surface area contributed by atoms with E-state index in [-0.39, 0.29) is 5.75 Å². The Morgan fingerprint density at radius 3 is 2.26 bits per heavy atom. The number of aromatic nitrogens is 3. The molecule has 2 N–H and O–H groups in total. The van der Waals surface area contributed by atoms with Gasteiger partial charge in [0.15, 0.2) is 11.5 Å². The third-order valence-electron chi connectivity index (χ3n) is 5.01. The first-order chi connectivity index (χ1) is 16.8. The van der Waals surface area contributed by atoms with Gasteiger partial charge in [0.25, 0.3) is 0 Å². The van der Waals surface area contributed by atoms with E-state index in [1.807, 2.05) is 4.57 Å². The van der Waals surface area contributed by atoms with Crippen LogP contribution in [-0.4, -0.2) is 49.3 Å². The number of benzene rings is 2. The molecule has 2 aromatic carbocycles. The quantitative estimate of drug-likeness (QED) is 0.352. The van der Waals surface area contributed by atoms with Gasteiger partial charge in [-0.1, -0.05) is 6.07 Å². The Kier molecular flexibility index (Phi) is 6.45. The Labute approximate surface area is 198 Å². The number of ether oxygens (including phenoxy) is 4. The molecule has 4 rings (SSSR count). The second-order valence-electron chi connectivity index (χ2n) is 7.16. The predicted octanol–water partition coefficient (Wildman–Crippen LogP) is 5.13. The number of imidazole rings is 1. The normalized spacial score (nSPS) is 11.3. The lowest BCUT2D eigenvalue weighted by atomic mass is 10.2. The van der Waals surface area contributed by atoms with Crippen molar-refractivity contribution in [3.05, 3.63) is 48.7 Å². The van der Waals surface area contributed by atoms with Gasteiger partial charge in [0.2, 0.25) is 11.7 Å². The zero-order valence-electron chi connectivity index (χ0n) is 19.2. The zero-order valence-corrected chi connectivity index (χ0v) is 19.2. The molecule has 0 spiro atoms. The fraction of sp³-hybridized carbons (Fsp3) is 0.217. The van der Waals surface area contributed by atoms with Crippen LogP contribution in [0.25, 0.3) is 16.7 Å². The molecule has 0 aliphatic carbocycles. The predicted molar refractivity (Wildman–Crippen MR) is 124 cm³/mol. The van der Waals surface area contributed by atoms with Crippen molar-refractivity contribution in [1.82, 2.24) is 14.5 Å². The number of fused-ring (bicyclic) bond motifs is 1. The van der Waals surface area contributed by atoms with Crippen LogP contribution in [0.4, 0.5) is 30.6 Å². The second-order valence-corrected chi connectivity index (χ2v) is 7.16. The molecule has 0 saturated heterocycles. The Morgan fingerprint density at radius 1 is 0.943 bits per heavy atom. The van der Waals surface area contributed by atoms with Crippen LogP contribution in [0.5, 0.6) is 23.0 Å². The van der Waals surface area contributed by atoms with Crippen LogP contribution in [0.15, 0.2) is 48.7 Å². The van der Waals surface area contributed by atoms with Crippen LogP contribution >= 0.6 is 0 Å². The summed E-state index contributed by atoms with van der Waals surface area (Å²) < 4.78 is 59.9. The third kappa shape index (κ3) is 4.95. The summed E-state index contributed by atoms with van der Waals surface area (Å²) in [6.07, 6.45) is -3.23. The first-order valence-electron chi connectivity index (χ1n) is 10.3. The third-order valence-corrected chi connectivity index (χ3v) is 5.01. The molecule has 2 aromatic heterocycles. The fourth-order valence-electron chi connectivity index (χ4n) is 3.59. The summed E-state index contributed by atoms with van der Waals surface area (Å²) in [7, 11) is 6.29.